The maximum Gasteiger partial charge on any atom is 0.408 e. The summed E-state index contributed by atoms with van der Waals surface area (Å²) in [6.45, 7) is 10.5. The molecule has 5 heteroatoms. The fourth-order valence-corrected chi connectivity index (χ4v) is 1.01. The largest absolute Gasteiger partial charge is 0.444 e. The van der Waals surface area contributed by atoms with Crippen LogP contribution in [0.4, 0.5) is 4.79 Å². The number of amides is 2. The lowest BCUT2D eigenvalue weighted by Gasteiger charge is -2.32. The summed E-state index contributed by atoms with van der Waals surface area (Å²) in [5, 5.41) is 2.51. The molecule has 0 fully saturated rings. The van der Waals surface area contributed by atoms with Crippen LogP contribution in [-0.4, -0.2) is 23.1 Å². The predicted molar refractivity (Wildman–Crippen MR) is 61.8 cm³/mol. The van der Waals surface area contributed by atoms with Gasteiger partial charge in [0.15, 0.2) is 0 Å². The van der Waals surface area contributed by atoms with Crippen molar-refractivity contribution in [1.29, 1.82) is 0 Å². The van der Waals surface area contributed by atoms with E-state index in [9.17, 15) is 9.59 Å². The van der Waals surface area contributed by atoms with E-state index in [-0.39, 0.29) is 5.92 Å². The standard InChI is InChI=1S/C11H22N2O3/c1-7(2)11(6,8(12)14)13-9(15)16-10(3,4)5/h7H,1-6H3,(H2,12,14)(H,13,15). The summed E-state index contributed by atoms with van der Waals surface area (Å²) in [7, 11) is 0. The van der Waals surface area contributed by atoms with Crippen LogP contribution in [0.2, 0.25) is 0 Å². The quantitative estimate of drug-likeness (QED) is 0.769. The van der Waals surface area contributed by atoms with Crippen molar-refractivity contribution in [3.8, 4) is 0 Å². The topological polar surface area (TPSA) is 81.4 Å². The Labute approximate surface area is 96.7 Å². The van der Waals surface area contributed by atoms with Crippen molar-refractivity contribution in [1.82, 2.24) is 5.32 Å². The first-order valence-corrected chi connectivity index (χ1v) is 5.30. The number of hydrogen-bond donors (Lipinski definition) is 2. The van der Waals surface area contributed by atoms with Crippen LogP contribution in [0, 0.1) is 5.92 Å². The molecule has 0 saturated heterocycles. The second-order valence-electron chi connectivity index (χ2n) is 5.35. The Hall–Kier alpha value is -1.26. The van der Waals surface area contributed by atoms with Crippen molar-refractivity contribution < 1.29 is 14.3 Å². The molecule has 0 aromatic carbocycles. The number of primary amides is 1. The lowest BCUT2D eigenvalue weighted by Crippen LogP contribution is -2.59. The summed E-state index contributed by atoms with van der Waals surface area (Å²) in [4.78, 5) is 22.9. The van der Waals surface area contributed by atoms with Crippen LogP contribution in [0.5, 0.6) is 0 Å². The molecule has 0 aliphatic carbocycles. The van der Waals surface area contributed by atoms with Crippen LogP contribution < -0.4 is 11.1 Å². The minimum Gasteiger partial charge on any atom is -0.444 e. The highest BCUT2D eigenvalue weighted by Gasteiger charge is 2.37. The van der Waals surface area contributed by atoms with Gasteiger partial charge in [-0.1, -0.05) is 13.8 Å². The van der Waals surface area contributed by atoms with E-state index in [0.29, 0.717) is 0 Å². The molecule has 5 nitrogen and oxygen atoms in total. The SMILES string of the molecule is CC(C)C(C)(NC(=O)OC(C)(C)C)C(N)=O. The zero-order valence-corrected chi connectivity index (χ0v) is 10.9. The average molecular weight is 230 g/mol. The van der Waals surface area contributed by atoms with Crippen LogP contribution in [0.15, 0.2) is 0 Å². The van der Waals surface area contributed by atoms with Crippen LogP contribution >= 0.6 is 0 Å². The average Bonchev–Trinajstić information content (AvgIpc) is 1.98. The highest BCUT2D eigenvalue weighted by Crippen LogP contribution is 2.17. The highest BCUT2D eigenvalue weighted by atomic mass is 16.6. The second-order valence-corrected chi connectivity index (χ2v) is 5.35. The molecule has 1 atom stereocenters. The smallest absolute Gasteiger partial charge is 0.408 e. The molecule has 0 aromatic rings. The maximum atomic E-state index is 11.5. The van der Waals surface area contributed by atoms with E-state index in [1.54, 1.807) is 27.7 Å². The van der Waals surface area contributed by atoms with Crippen molar-refractivity contribution >= 4 is 12.0 Å². The van der Waals surface area contributed by atoms with Gasteiger partial charge in [-0.05, 0) is 33.6 Å². The number of nitrogens with one attached hydrogen (secondary N) is 1. The normalized spacial score (nSPS) is 15.4. The maximum absolute atomic E-state index is 11.5. The molecule has 94 valence electrons. The van der Waals surface area contributed by atoms with E-state index in [1.165, 1.54) is 0 Å². The van der Waals surface area contributed by atoms with Gasteiger partial charge in [0, 0.05) is 0 Å². The summed E-state index contributed by atoms with van der Waals surface area (Å²) < 4.78 is 5.08. The third-order valence-electron chi connectivity index (χ3n) is 2.43. The number of ether oxygens (including phenoxy) is 1. The van der Waals surface area contributed by atoms with Crippen LogP contribution in [0.1, 0.15) is 41.5 Å². The molecule has 0 heterocycles. The van der Waals surface area contributed by atoms with Crippen LogP contribution in [0.3, 0.4) is 0 Å². The predicted octanol–water partition coefficient (Wildman–Crippen LogP) is 1.41. The third kappa shape index (κ3) is 4.08. The molecule has 3 N–H and O–H groups in total. The molecule has 0 spiro atoms. The minimum absolute atomic E-state index is 0.113. The number of carbonyl (C=O) groups excluding carboxylic acids is 2. The van der Waals surface area contributed by atoms with E-state index >= 15 is 0 Å². The van der Waals surface area contributed by atoms with Gasteiger partial charge < -0.3 is 15.8 Å². The molecule has 0 aromatic heterocycles. The Morgan fingerprint density at radius 2 is 1.62 bits per heavy atom. The lowest BCUT2D eigenvalue weighted by molar-refractivity contribution is -0.125. The van der Waals surface area contributed by atoms with Crippen LogP contribution in [0.25, 0.3) is 0 Å². The monoisotopic (exact) mass is 230 g/mol. The first-order chi connectivity index (χ1) is 6.99. The molecular weight excluding hydrogens is 208 g/mol. The van der Waals surface area contributed by atoms with Gasteiger partial charge in [-0.25, -0.2) is 4.79 Å². The number of alkyl carbamates (subject to hydrolysis) is 1. The number of nitrogens with two attached hydrogens (primary N) is 1. The van der Waals surface area contributed by atoms with Gasteiger partial charge in [-0.3, -0.25) is 4.79 Å². The van der Waals surface area contributed by atoms with Gasteiger partial charge in [0.1, 0.15) is 11.1 Å². The fourth-order valence-electron chi connectivity index (χ4n) is 1.01. The Kier molecular flexibility index (Phi) is 4.35. The molecule has 0 aliphatic rings. The van der Waals surface area contributed by atoms with Crippen molar-refractivity contribution in [3.63, 3.8) is 0 Å². The molecule has 2 amide bonds. The summed E-state index contributed by atoms with van der Waals surface area (Å²) in [5.41, 5.74) is 3.58. The van der Waals surface area contributed by atoms with Crippen molar-refractivity contribution in [3.05, 3.63) is 0 Å². The van der Waals surface area contributed by atoms with E-state index in [2.05, 4.69) is 5.32 Å². The first-order valence-electron chi connectivity index (χ1n) is 5.30. The van der Waals surface area contributed by atoms with Gasteiger partial charge in [-0.2, -0.15) is 0 Å². The molecule has 0 radical (unpaired) electrons. The lowest BCUT2D eigenvalue weighted by atomic mass is 9.88. The molecule has 16 heavy (non-hydrogen) atoms. The zero-order valence-electron chi connectivity index (χ0n) is 10.9. The van der Waals surface area contributed by atoms with Gasteiger partial charge in [0.05, 0.1) is 0 Å². The molecule has 0 rings (SSSR count). The van der Waals surface area contributed by atoms with E-state index < -0.39 is 23.1 Å². The van der Waals surface area contributed by atoms with Gasteiger partial charge >= 0.3 is 6.09 Å². The van der Waals surface area contributed by atoms with E-state index in [0.717, 1.165) is 0 Å². The van der Waals surface area contributed by atoms with Crippen molar-refractivity contribution in [2.45, 2.75) is 52.7 Å². The molecule has 0 bridgehead atoms. The summed E-state index contributed by atoms with van der Waals surface area (Å²) in [6.07, 6.45) is -0.637. The summed E-state index contributed by atoms with van der Waals surface area (Å²) in [5.74, 6) is -0.689. The molecule has 0 saturated carbocycles. The van der Waals surface area contributed by atoms with E-state index in [1.807, 2.05) is 13.8 Å². The Morgan fingerprint density at radius 3 is 1.88 bits per heavy atom. The molecule has 0 aliphatic heterocycles. The number of carbonyl (C=O) groups is 2. The van der Waals surface area contributed by atoms with Crippen molar-refractivity contribution in [2.75, 3.05) is 0 Å². The number of hydrogen-bond acceptors (Lipinski definition) is 3. The van der Waals surface area contributed by atoms with Crippen molar-refractivity contribution in [2.24, 2.45) is 11.7 Å². The van der Waals surface area contributed by atoms with Crippen LogP contribution in [-0.2, 0) is 9.53 Å². The first kappa shape index (κ1) is 14.7. The Morgan fingerprint density at radius 1 is 1.19 bits per heavy atom. The summed E-state index contributed by atoms with van der Waals surface area (Å²) >= 11 is 0. The third-order valence-corrected chi connectivity index (χ3v) is 2.43. The molecule has 1 unspecified atom stereocenters. The number of rotatable bonds is 3. The van der Waals surface area contributed by atoms with Gasteiger partial charge in [0.25, 0.3) is 0 Å². The zero-order chi connectivity index (χ0) is 13.1. The van der Waals surface area contributed by atoms with Gasteiger partial charge in [-0.15, -0.1) is 0 Å². The highest BCUT2D eigenvalue weighted by molar-refractivity contribution is 5.88. The summed E-state index contributed by atoms with van der Waals surface area (Å²) in [6, 6.07) is 0. The van der Waals surface area contributed by atoms with Gasteiger partial charge in [0.2, 0.25) is 5.91 Å². The Bertz CT molecular complexity index is 281. The second kappa shape index (κ2) is 4.72. The van der Waals surface area contributed by atoms with E-state index in [4.69, 9.17) is 10.5 Å². The molecular formula is C11H22N2O3. The minimum atomic E-state index is -1.09. The fraction of sp³-hybridized carbons (Fsp3) is 0.818. The Balaban J connectivity index is 4.68.